The van der Waals surface area contributed by atoms with Crippen molar-refractivity contribution >= 4 is 58.0 Å². The van der Waals surface area contributed by atoms with E-state index in [1.165, 1.54) is 17.9 Å². The molecule has 2 aromatic carbocycles. The van der Waals surface area contributed by atoms with Crippen molar-refractivity contribution in [3.05, 3.63) is 57.0 Å². The van der Waals surface area contributed by atoms with E-state index in [2.05, 4.69) is 5.32 Å². The molecule has 0 aliphatic carbocycles. The van der Waals surface area contributed by atoms with E-state index >= 15 is 0 Å². The van der Waals surface area contributed by atoms with Gasteiger partial charge < -0.3 is 10.2 Å². The van der Waals surface area contributed by atoms with E-state index in [-0.39, 0.29) is 18.4 Å². The number of carbonyl (C=O) groups is 2. The van der Waals surface area contributed by atoms with Crippen molar-refractivity contribution in [2.75, 3.05) is 16.8 Å². The van der Waals surface area contributed by atoms with Crippen molar-refractivity contribution in [1.29, 1.82) is 0 Å². The smallest absolute Gasteiger partial charge is 0.244 e. The molecule has 0 fully saturated rings. The summed E-state index contributed by atoms with van der Waals surface area (Å²) in [5, 5.41) is 3.98. The van der Waals surface area contributed by atoms with Crippen LogP contribution in [0, 0.1) is 6.92 Å². The summed E-state index contributed by atoms with van der Waals surface area (Å²) in [5.41, 5.74) is 1.87. The first-order chi connectivity index (χ1) is 11.3. The molecule has 0 radical (unpaired) electrons. The van der Waals surface area contributed by atoms with Crippen LogP contribution < -0.4 is 10.2 Å². The topological polar surface area (TPSA) is 49.4 Å². The third-order valence-corrected chi connectivity index (χ3v) is 4.31. The third kappa shape index (κ3) is 4.63. The number of halogens is 3. The average molecular weight is 386 g/mol. The molecule has 0 atom stereocenters. The Kier molecular flexibility index (Phi) is 6.10. The molecule has 2 aromatic rings. The highest BCUT2D eigenvalue weighted by molar-refractivity contribution is 6.36. The molecule has 0 spiro atoms. The van der Waals surface area contributed by atoms with Crippen LogP contribution in [-0.4, -0.2) is 18.4 Å². The number of nitrogens with zero attached hydrogens (tertiary/aromatic N) is 1. The van der Waals surface area contributed by atoms with Crippen LogP contribution in [0.1, 0.15) is 12.5 Å². The molecule has 0 aromatic heterocycles. The minimum atomic E-state index is -0.383. The van der Waals surface area contributed by atoms with Crippen LogP contribution in [0.4, 0.5) is 11.4 Å². The van der Waals surface area contributed by atoms with Gasteiger partial charge in [0, 0.05) is 22.7 Å². The maximum Gasteiger partial charge on any atom is 0.244 e. The van der Waals surface area contributed by atoms with Crippen molar-refractivity contribution in [3.8, 4) is 0 Å². The van der Waals surface area contributed by atoms with Gasteiger partial charge in [0.25, 0.3) is 0 Å². The van der Waals surface area contributed by atoms with Gasteiger partial charge in [0.1, 0.15) is 6.54 Å². The molecule has 4 nitrogen and oxygen atoms in total. The summed E-state index contributed by atoms with van der Waals surface area (Å²) >= 11 is 18.0. The Morgan fingerprint density at radius 2 is 1.75 bits per heavy atom. The van der Waals surface area contributed by atoms with E-state index in [0.29, 0.717) is 26.4 Å². The first-order valence-corrected chi connectivity index (χ1v) is 8.20. The molecule has 2 rings (SSSR count). The largest absolute Gasteiger partial charge is 0.323 e. The van der Waals surface area contributed by atoms with Crippen LogP contribution in [0.25, 0.3) is 0 Å². The lowest BCUT2D eigenvalue weighted by atomic mass is 10.2. The lowest BCUT2D eigenvalue weighted by molar-refractivity contribution is -0.120. The number of aryl methyl sites for hydroxylation is 1. The predicted octanol–water partition coefficient (Wildman–Crippen LogP) is 4.95. The van der Waals surface area contributed by atoms with Crippen molar-refractivity contribution < 1.29 is 9.59 Å². The zero-order valence-corrected chi connectivity index (χ0v) is 15.3. The number of hydrogen-bond donors (Lipinski definition) is 1. The van der Waals surface area contributed by atoms with E-state index in [9.17, 15) is 9.59 Å². The molecule has 0 bridgehead atoms. The van der Waals surface area contributed by atoms with Gasteiger partial charge in [-0.15, -0.1) is 0 Å². The fourth-order valence-corrected chi connectivity index (χ4v) is 2.69. The van der Waals surface area contributed by atoms with Gasteiger partial charge in [-0.2, -0.15) is 0 Å². The zero-order chi connectivity index (χ0) is 17.9. The first kappa shape index (κ1) is 18.6. The summed E-state index contributed by atoms with van der Waals surface area (Å²) in [7, 11) is 0. The van der Waals surface area contributed by atoms with E-state index in [4.69, 9.17) is 34.8 Å². The summed E-state index contributed by atoms with van der Waals surface area (Å²) in [6, 6.07) is 9.93. The van der Waals surface area contributed by atoms with Crippen molar-refractivity contribution in [2.24, 2.45) is 0 Å². The third-order valence-electron chi connectivity index (χ3n) is 3.35. The van der Waals surface area contributed by atoms with Crippen LogP contribution >= 0.6 is 34.8 Å². The lowest BCUT2D eigenvalue weighted by Crippen LogP contribution is -2.36. The van der Waals surface area contributed by atoms with Gasteiger partial charge in [-0.25, -0.2) is 0 Å². The van der Waals surface area contributed by atoms with Crippen molar-refractivity contribution in [3.63, 3.8) is 0 Å². The predicted molar refractivity (Wildman–Crippen MR) is 99.3 cm³/mol. The normalized spacial score (nSPS) is 10.4. The standard InChI is InChI=1S/C17H15Cl3N2O2/c1-10-3-5-13(8-14(10)19)22(11(2)23)9-17(24)21-16-6-4-12(18)7-15(16)20/h3-8H,9H2,1-2H3,(H,21,24). The molecule has 2 amide bonds. The Balaban J connectivity index is 2.16. The number of hydrogen-bond acceptors (Lipinski definition) is 2. The summed E-state index contributed by atoms with van der Waals surface area (Å²) in [6.07, 6.45) is 0. The van der Waals surface area contributed by atoms with Gasteiger partial charge in [-0.3, -0.25) is 9.59 Å². The summed E-state index contributed by atoms with van der Waals surface area (Å²) in [6.45, 7) is 3.09. The van der Waals surface area contributed by atoms with Crippen LogP contribution in [0.2, 0.25) is 15.1 Å². The van der Waals surface area contributed by atoms with Gasteiger partial charge in [-0.05, 0) is 42.8 Å². The van der Waals surface area contributed by atoms with Crippen molar-refractivity contribution in [1.82, 2.24) is 0 Å². The number of rotatable bonds is 4. The van der Waals surface area contributed by atoms with Crippen LogP contribution in [-0.2, 0) is 9.59 Å². The summed E-state index contributed by atoms with van der Waals surface area (Å²) < 4.78 is 0. The fourth-order valence-electron chi connectivity index (χ4n) is 2.06. The summed E-state index contributed by atoms with van der Waals surface area (Å²) in [4.78, 5) is 25.5. The number of amides is 2. The van der Waals surface area contributed by atoms with Gasteiger partial charge in [0.2, 0.25) is 11.8 Å². The average Bonchev–Trinajstić information content (AvgIpc) is 2.50. The zero-order valence-electron chi connectivity index (χ0n) is 13.1. The van der Waals surface area contributed by atoms with Gasteiger partial charge >= 0.3 is 0 Å². The Morgan fingerprint density at radius 1 is 1.04 bits per heavy atom. The van der Waals surface area contributed by atoms with Gasteiger partial charge in [0.15, 0.2) is 0 Å². The molecule has 0 heterocycles. The molecule has 7 heteroatoms. The molecule has 24 heavy (non-hydrogen) atoms. The molecule has 0 saturated heterocycles. The van der Waals surface area contributed by atoms with E-state index in [1.807, 2.05) is 6.92 Å². The Labute approximate surface area is 155 Å². The minimum absolute atomic E-state index is 0.159. The molecule has 0 unspecified atom stereocenters. The number of anilines is 2. The van der Waals surface area contributed by atoms with E-state index in [1.54, 1.807) is 30.3 Å². The van der Waals surface area contributed by atoms with E-state index in [0.717, 1.165) is 5.56 Å². The maximum atomic E-state index is 12.3. The highest BCUT2D eigenvalue weighted by atomic mass is 35.5. The Hall–Kier alpha value is -1.75. The van der Waals surface area contributed by atoms with Gasteiger partial charge in [-0.1, -0.05) is 40.9 Å². The molecule has 0 saturated carbocycles. The minimum Gasteiger partial charge on any atom is -0.323 e. The second kappa shape index (κ2) is 7.88. The van der Waals surface area contributed by atoms with Crippen molar-refractivity contribution in [2.45, 2.75) is 13.8 Å². The molecular formula is C17H15Cl3N2O2. The molecule has 126 valence electrons. The Morgan fingerprint density at radius 3 is 2.33 bits per heavy atom. The highest BCUT2D eigenvalue weighted by Gasteiger charge is 2.17. The molecular weight excluding hydrogens is 371 g/mol. The second-order valence-electron chi connectivity index (χ2n) is 5.21. The number of carbonyl (C=O) groups excluding carboxylic acids is 2. The molecule has 1 N–H and O–H groups in total. The SMILES string of the molecule is CC(=O)N(CC(=O)Nc1ccc(Cl)cc1Cl)c1ccc(C)c(Cl)c1. The monoisotopic (exact) mass is 384 g/mol. The summed E-state index contributed by atoms with van der Waals surface area (Å²) in [5.74, 6) is -0.654. The molecule has 0 aliphatic rings. The number of benzene rings is 2. The fraction of sp³-hybridized carbons (Fsp3) is 0.176. The first-order valence-electron chi connectivity index (χ1n) is 7.07. The van der Waals surface area contributed by atoms with Crippen LogP contribution in [0.5, 0.6) is 0 Å². The number of nitrogens with one attached hydrogen (secondary N) is 1. The molecule has 0 aliphatic heterocycles. The highest BCUT2D eigenvalue weighted by Crippen LogP contribution is 2.26. The lowest BCUT2D eigenvalue weighted by Gasteiger charge is -2.21. The quantitative estimate of drug-likeness (QED) is 0.810. The van der Waals surface area contributed by atoms with Gasteiger partial charge in [0.05, 0.1) is 10.7 Å². The van der Waals surface area contributed by atoms with Crippen LogP contribution in [0.3, 0.4) is 0 Å². The second-order valence-corrected chi connectivity index (χ2v) is 6.46. The van der Waals surface area contributed by atoms with Crippen LogP contribution in [0.15, 0.2) is 36.4 Å². The van der Waals surface area contributed by atoms with E-state index < -0.39 is 0 Å². The Bertz CT molecular complexity index is 793. The maximum absolute atomic E-state index is 12.3.